The van der Waals surface area contributed by atoms with Crippen LogP contribution in [-0.4, -0.2) is 4.57 Å². The first-order chi connectivity index (χ1) is 6.41. The SMILES string of the molecule is Cc1cccn1CC(C)(C)CC(C)C. The number of hydrogen-bond acceptors (Lipinski definition) is 0. The average molecular weight is 193 g/mol. The monoisotopic (exact) mass is 193 g/mol. The predicted molar refractivity (Wildman–Crippen MR) is 62.4 cm³/mol. The first-order valence-corrected chi connectivity index (χ1v) is 5.52. The van der Waals surface area contributed by atoms with Gasteiger partial charge in [0, 0.05) is 18.4 Å². The van der Waals surface area contributed by atoms with Gasteiger partial charge in [-0.1, -0.05) is 27.7 Å². The number of nitrogens with zero attached hydrogens (tertiary/aromatic N) is 1. The minimum absolute atomic E-state index is 0.401. The molecule has 0 saturated carbocycles. The zero-order valence-electron chi connectivity index (χ0n) is 10.2. The molecule has 0 aliphatic carbocycles. The second-order valence-electron chi connectivity index (χ2n) is 5.54. The summed E-state index contributed by atoms with van der Waals surface area (Å²) in [6.45, 7) is 12.6. The maximum atomic E-state index is 2.35. The Balaban J connectivity index is 2.63. The van der Waals surface area contributed by atoms with E-state index in [1.165, 1.54) is 12.1 Å². The van der Waals surface area contributed by atoms with Crippen LogP contribution < -0.4 is 0 Å². The van der Waals surface area contributed by atoms with E-state index in [1.54, 1.807) is 0 Å². The summed E-state index contributed by atoms with van der Waals surface area (Å²) < 4.78 is 2.35. The minimum Gasteiger partial charge on any atom is -0.351 e. The number of hydrogen-bond donors (Lipinski definition) is 0. The standard InChI is InChI=1S/C13H23N/c1-11(2)9-13(4,5)10-14-8-6-7-12(14)3/h6-8,11H,9-10H2,1-5H3. The Bertz CT molecular complexity index is 281. The third kappa shape index (κ3) is 3.21. The smallest absolute Gasteiger partial charge is 0.0273 e. The van der Waals surface area contributed by atoms with Crippen LogP contribution in [0.4, 0.5) is 0 Å². The maximum Gasteiger partial charge on any atom is 0.0273 e. The highest BCUT2D eigenvalue weighted by molar-refractivity contribution is 5.04. The summed E-state index contributed by atoms with van der Waals surface area (Å²) in [6, 6.07) is 4.30. The minimum atomic E-state index is 0.401. The van der Waals surface area contributed by atoms with Gasteiger partial charge in [-0.3, -0.25) is 0 Å². The van der Waals surface area contributed by atoms with Crippen molar-refractivity contribution in [2.45, 2.75) is 47.6 Å². The van der Waals surface area contributed by atoms with Crippen LogP contribution in [0.2, 0.25) is 0 Å². The molecule has 0 bridgehead atoms. The average Bonchev–Trinajstić information content (AvgIpc) is 2.32. The molecule has 0 fully saturated rings. The normalized spacial score (nSPS) is 12.4. The van der Waals surface area contributed by atoms with Crippen molar-refractivity contribution in [1.82, 2.24) is 4.57 Å². The van der Waals surface area contributed by atoms with Crippen LogP contribution in [0, 0.1) is 18.3 Å². The molecule has 0 saturated heterocycles. The van der Waals surface area contributed by atoms with Crippen molar-refractivity contribution in [2.75, 3.05) is 0 Å². The number of aromatic nitrogens is 1. The third-order valence-corrected chi connectivity index (χ3v) is 2.62. The Morgan fingerprint density at radius 1 is 1.36 bits per heavy atom. The Labute approximate surface area is 88.1 Å². The summed E-state index contributed by atoms with van der Waals surface area (Å²) >= 11 is 0. The molecule has 80 valence electrons. The lowest BCUT2D eigenvalue weighted by molar-refractivity contribution is 0.244. The number of rotatable bonds is 4. The second-order valence-corrected chi connectivity index (χ2v) is 5.54. The summed E-state index contributed by atoms with van der Waals surface area (Å²) in [5.74, 6) is 0.779. The Hall–Kier alpha value is -0.720. The topological polar surface area (TPSA) is 4.93 Å². The van der Waals surface area contributed by atoms with Crippen LogP contribution in [0.5, 0.6) is 0 Å². The molecule has 0 spiro atoms. The van der Waals surface area contributed by atoms with E-state index in [0.717, 1.165) is 12.5 Å². The summed E-state index contributed by atoms with van der Waals surface area (Å²) in [4.78, 5) is 0. The van der Waals surface area contributed by atoms with Gasteiger partial charge >= 0.3 is 0 Å². The summed E-state index contributed by atoms with van der Waals surface area (Å²) in [7, 11) is 0. The molecule has 0 atom stereocenters. The Kier molecular flexibility index (Phi) is 3.41. The molecule has 1 rings (SSSR count). The molecule has 1 nitrogen and oxygen atoms in total. The molecule has 0 amide bonds. The van der Waals surface area contributed by atoms with E-state index in [2.05, 4.69) is 57.5 Å². The Morgan fingerprint density at radius 3 is 2.43 bits per heavy atom. The molecule has 0 aromatic carbocycles. The van der Waals surface area contributed by atoms with Crippen molar-refractivity contribution in [3.8, 4) is 0 Å². The molecule has 0 N–H and O–H groups in total. The lowest BCUT2D eigenvalue weighted by Gasteiger charge is -2.28. The van der Waals surface area contributed by atoms with Gasteiger partial charge in [0.1, 0.15) is 0 Å². The van der Waals surface area contributed by atoms with Crippen molar-refractivity contribution in [3.05, 3.63) is 24.0 Å². The van der Waals surface area contributed by atoms with Gasteiger partial charge < -0.3 is 4.57 Å². The maximum absolute atomic E-state index is 2.35. The zero-order chi connectivity index (χ0) is 10.8. The number of aryl methyl sites for hydroxylation is 1. The van der Waals surface area contributed by atoms with E-state index in [0.29, 0.717) is 5.41 Å². The van der Waals surface area contributed by atoms with Gasteiger partial charge in [0.15, 0.2) is 0 Å². The molecular formula is C13H23N. The molecule has 0 aliphatic rings. The van der Waals surface area contributed by atoms with Gasteiger partial charge in [0.25, 0.3) is 0 Å². The van der Waals surface area contributed by atoms with E-state index in [1.807, 2.05) is 0 Å². The predicted octanol–water partition coefficient (Wildman–Crippen LogP) is 3.87. The summed E-state index contributed by atoms with van der Waals surface area (Å²) in [5.41, 5.74) is 1.76. The molecule has 1 heteroatoms. The van der Waals surface area contributed by atoms with Gasteiger partial charge in [-0.2, -0.15) is 0 Å². The first kappa shape index (κ1) is 11.4. The van der Waals surface area contributed by atoms with E-state index in [-0.39, 0.29) is 0 Å². The van der Waals surface area contributed by atoms with Crippen LogP contribution in [0.3, 0.4) is 0 Å². The molecule has 0 unspecified atom stereocenters. The van der Waals surface area contributed by atoms with Crippen LogP contribution in [0.15, 0.2) is 18.3 Å². The highest BCUT2D eigenvalue weighted by Gasteiger charge is 2.20. The van der Waals surface area contributed by atoms with Gasteiger partial charge in [0.05, 0.1) is 0 Å². The van der Waals surface area contributed by atoms with Crippen LogP contribution in [0.25, 0.3) is 0 Å². The van der Waals surface area contributed by atoms with E-state index >= 15 is 0 Å². The molecule has 1 aromatic rings. The van der Waals surface area contributed by atoms with Crippen molar-refractivity contribution >= 4 is 0 Å². The molecule has 0 radical (unpaired) electrons. The Morgan fingerprint density at radius 2 is 2.00 bits per heavy atom. The summed E-state index contributed by atoms with van der Waals surface area (Å²) in [5, 5.41) is 0. The second kappa shape index (κ2) is 4.20. The fourth-order valence-electron chi connectivity index (χ4n) is 2.31. The largest absolute Gasteiger partial charge is 0.351 e. The van der Waals surface area contributed by atoms with Gasteiger partial charge in [-0.15, -0.1) is 0 Å². The molecule has 1 aromatic heterocycles. The van der Waals surface area contributed by atoms with E-state index < -0.39 is 0 Å². The van der Waals surface area contributed by atoms with E-state index in [9.17, 15) is 0 Å². The quantitative estimate of drug-likeness (QED) is 0.684. The highest BCUT2D eigenvalue weighted by Crippen LogP contribution is 2.27. The lowest BCUT2D eigenvalue weighted by atomic mass is 9.84. The van der Waals surface area contributed by atoms with Crippen molar-refractivity contribution in [2.24, 2.45) is 11.3 Å². The van der Waals surface area contributed by atoms with Crippen molar-refractivity contribution in [3.63, 3.8) is 0 Å². The highest BCUT2D eigenvalue weighted by atomic mass is 15.0. The van der Waals surface area contributed by atoms with Gasteiger partial charge in [0.2, 0.25) is 0 Å². The van der Waals surface area contributed by atoms with Gasteiger partial charge in [-0.25, -0.2) is 0 Å². The zero-order valence-corrected chi connectivity index (χ0v) is 10.2. The summed E-state index contributed by atoms with van der Waals surface area (Å²) in [6.07, 6.45) is 3.46. The fraction of sp³-hybridized carbons (Fsp3) is 0.692. The molecular weight excluding hydrogens is 170 g/mol. The molecule has 14 heavy (non-hydrogen) atoms. The van der Waals surface area contributed by atoms with Crippen LogP contribution >= 0.6 is 0 Å². The first-order valence-electron chi connectivity index (χ1n) is 5.52. The third-order valence-electron chi connectivity index (χ3n) is 2.62. The van der Waals surface area contributed by atoms with Crippen LogP contribution in [-0.2, 0) is 6.54 Å². The van der Waals surface area contributed by atoms with Crippen molar-refractivity contribution < 1.29 is 0 Å². The van der Waals surface area contributed by atoms with Crippen molar-refractivity contribution in [1.29, 1.82) is 0 Å². The van der Waals surface area contributed by atoms with E-state index in [4.69, 9.17) is 0 Å². The van der Waals surface area contributed by atoms with Crippen LogP contribution in [0.1, 0.15) is 39.8 Å². The fourth-order valence-corrected chi connectivity index (χ4v) is 2.31. The molecule has 1 heterocycles. The molecule has 0 aliphatic heterocycles. The lowest BCUT2D eigenvalue weighted by Crippen LogP contribution is -2.21. The van der Waals surface area contributed by atoms with Gasteiger partial charge in [-0.05, 0) is 36.8 Å².